The van der Waals surface area contributed by atoms with Gasteiger partial charge in [-0.1, -0.05) is 13.3 Å². The maximum absolute atomic E-state index is 11.7. The maximum Gasteiger partial charge on any atom is 0.225 e. The zero-order chi connectivity index (χ0) is 10.9. The number of carbonyl (C=O) groups excluding carboxylic acids is 1. The highest BCUT2D eigenvalue weighted by Gasteiger charge is 2.44. The van der Waals surface area contributed by atoms with Gasteiger partial charge in [-0.15, -0.1) is 11.6 Å². The molecule has 1 N–H and O–H groups in total. The molecule has 0 aromatic rings. The van der Waals surface area contributed by atoms with Crippen molar-refractivity contribution in [1.82, 2.24) is 5.32 Å². The number of halogens is 1. The molecule has 0 saturated heterocycles. The second-order valence-corrected chi connectivity index (χ2v) is 6.02. The Morgan fingerprint density at radius 1 is 1.47 bits per heavy atom. The summed E-state index contributed by atoms with van der Waals surface area (Å²) in [6.45, 7) is 2.88. The molecule has 2 unspecified atom stereocenters. The van der Waals surface area contributed by atoms with Crippen LogP contribution in [-0.2, 0) is 4.79 Å². The van der Waals surface area contributed by atoms with Crippen molar-refractivity contribution in [3.05, 3.63) is 0 Å². The lowest BCUT2D eigenvalue weighted by molar-refractivity contribution is -0.125. The minimum Gasteiger partial charge on any atom is -0.355 e. The summed E-state index contributed by atoms with van der Waals surface area (Å²) < 4.78 is 0. The van der Waals surface area contributed by atoms with Gasteiger partial charge in [0.15, 0.2) is 0 Å². The molecule has 15 heavy (non-hydrogen) atoms. The molecule has 1 amide bonds. The van der Waals surface area contributed by atoms with E-state index in [1.165, 1.54) is 12.8 Å². The summed E-state index contributed by atoms with van der Waals surface area (Å²) in [6, 6.07) is 0. The summed E-state index contributed by atoms with van der Waals surface area (Å²) in [7, 11) is 0. The summed E-state index contributed by atoms with van der Waals surface area (Å²) in [4.78, 5) is 11.7. The SMILES string of the molecule is CC1(C(=O)NCC2CCCC(Cl)C2)CC1. The van der Waals surface area contributed by atoms with Gasteiger partial charge >= 0.3 is 0 Å². The second-order valence-electron chi connectivity index (χ2n) is 5.40. The number of hydrogen-bond acceptors (Lipinski definition) is 1. The minimum atomic E-state index is -0.0327. The first-order valence-electron chi connectivity index (χ1n) is 6.02. The van der Waals surface area contributed by atoms with Crippen molar-refractivity contribution in [3.8, 4) is 0 Å². The quantitative estimate of drug-likeness (QED) is 0.741. The van der Waals surface area contributed by atoms with Crippen LogP contribution in [0.3, 0.4) is 0 Å². The van der Waals surface area contributed by atoms with Gasteiger partial charge in [0.2, 0.25) is 5.91 Å². The molecule has 0 aliphatic heterocycles. The number of rotatable bonds is 3. The van der Waals surface area contributed by atoms with Crippen molar-refractivity contribution in [3.63, 3.8) is 0 Å². The normalized spacial score (nSPS) is 33.5. The molecule has 86 valence electrons. The molecule has 2 rings (SSSR count). The molecular formula is C12H20ClNO. The number of carbonyl (C=O) groups is 1. The smallest absolute Gasteiger partial charge is 0.225 e. The van der Waals surface area contributed by atoms with E-state index in [2.05, 4.69) is 5.32 Å². The van der Waals surface area contributed by atoms with Gasteiger partial charge in [-0.3, -0.25) is 4.79 Å². The highest BCUT2D eigenvalue weighted by molar-refractivity contribution is 6.20. The summed E-state index contributed by atoms with van der Waals surface area (Å²) >= 11 is 6.12. The van der Waals surface area contributed by atoms with Gasteiger partial charge in [0.05, 0.1) is 0 Å². The standard InChI is InChI=1S/C12H20ClNO/c1-12(5-6-12)11(15)14-8-9-3-2-4-10(13)7-9/h9-10H,2-8H2,1H3,(H,14,15). The molecule has 0 bridgehead atoms. The lowest BCUT2D eigenvalue weighted by Crippen LogP contribution is -2.35. The fourth-order valence-corrected chi connectivity index (χ4v) is 2.68. The first kappa shape index (κ1) is 11.3. The molecule has 2 saturated carbocycles. The average Bonchev–Trinajstić information content (AvgIpc) is 2.94. The van der Waals surface area contributed by atoms with Gasteiger partial charge in [0, 0.05) is 17.3 Å². The van der Waals surface area contributed by atoms with E-state index in [4.69, 9.17) is 11.6 Å². The molecule has 2 aliphatic rings. The summed E-state index contributed by atoms with van der Waals surface area (Å²) in [5.41, 5.74) is -0.0327. The van der Waals surface area contributed by atoms with E-state index in [1.54, 1.807) is 0 Å². The van der Waals surface area contributed by atoms with Crippen LogP contribution in [0, 0.1) is 11.3 Å². The van der Waals surface area contributed by atoms with Crippen molar-refractivity contribution in [2.45, 2.75) is 50.8 Å². The third-order valence-corrected chi connectivity index (χ3v) is 4.21. The molecule has 0 aromatic heterocycles. The van der Waals surface area contributed by atoms with Crippen LogP contribution in [0.4, 0.5) is 0 Å². The number of amides is 1. The minimum absolute atomic E-state index is 0.0327. The third-order valence-electron chi connectivity index (χ3n) is 3.82. The highest BCUT2D eigenvalue weighted by atomic mass is 35.5. The largest absolute Gasteiger partial charge is 0.355 e. The van der Waals surface area contributed by atoms with E-state index in [9.17, 15) is 4.79 Å². The third kappa shape index (κ3) is 2.87. The summed E-state index contributed by atoms with van der Waals surface area (Å²) in [5, 5.41) is 3.41. The highest BCUT2D eigenvalue weighted by Crippen LogP contribution is 2.45. The Morgan fingerprint density at radius 2 is 2.20 bits per heavy atom. The lowest BCUT2D eigenvalue weighted by atomic mass is 9.89. The van der Waals surface area contributed by atoms with Gasteiger partial charge in [0.25, 0.3) is 0 Å². The fraction of sp³-hybridized carbons (Fsp3) is 0.917. The molecule has 3 heteroatoms. The Hall–Kier alpha value is -0.240. The first-order valence-corrected chi connectivity index (χ1v) is 6.46. The van der Waals surface area contributed by atoms with Crippen LogP contribution < -0.4 is 5.32 Å². The van der Waals surface area contributed by atoms with Crippen LogP contribution >= 0.6 is 11.6 Å². The number of hydrogen-bond donors (Lipinski definition) is 1. The van der Waals surface area contributed by atoms with Crippen molar-refractivity contribution >= 4 is 17.5 Å². The zero-order valence-corrected chi connectivity index (χ0v) is 10.1. The summed E-state index contributed by atoms with van der Waals surface area (Å²) in [6.07, 6.45) is 6.76. The predicted octanol–water partition coefficient (Wildman–Crippen LogP) is 2.70. The fourth-order valence-electron chi connectivity index (χ4n) is 2.28. The van der Waals surface area contributed by atoms with E-state index >= 15 is 0 Å². The van der Waals surface area contributed by atoms with Crippen LogP contribution in [-0.4, -0.2) is 17.8 Å². The molecule has 0 radical (unpaired) electrons. The number of nitrogens with one attached hydrogen (secondary N) is 1. The van der Waals surface area contributed by atoms with E-state index in [0.29, 0.717) is 11.3 Å². The van der Waals surface area contributed by atoms with Crippen molar-refractivity contribution in [1.29, 1.82) is 0 Å². The van der Waals surface area contributed by atoms with E-state index in [1.807, 2.05) is 6.92 Å². The van der Waals surface area contributed by atoms with Crippen LogP contribution in [0.2, 0.25) is 0 Å². The molecule has 2 fully saturated rings. The predicted molar refractivity (Wildman–Crippen MR) is 61.9 cm³/mol. The number of alkyl halides is 1. The topological polar surface area (TPSA) is 29.1 Å². The summed E-state index contributed by atoms with van der Waals surface area (Å²) in [5.74, 6) is 0.853. The average molecular weight is 230 g/mol. The molecule has 2 atom stereocenters. The van der Waals surface area contributed by atoms with Gasteiger partial charge in [0.1, 0.15) is 0 Å². The molecule has 0 spiro atoms. The Balaban J connectivity index is 1.71. The monoisotopic (exact) mass is 229 g/mol. The van der Waals surface area contributed by atoms with Crippen LogP contribution in [0.1, 0.15) is 45.4 Å². The molecule has 0 aromatic carbocycles. The van der Waals surface area contributed by atoms with Crippen molar-refractivity contribution < 1.29 is 4.79 Å². The van der Waals surface area contributed by atoms with Gasteiger partial charge in [-0.2, -0.15) is 0 Å². The van der Waals surface area contributed by atoms with Crippen LogP contribution in [0.25, 0.3) is 0 Å². The Bertz CT molecular complexity index is 250. The Labute approximate surface area is 96.8 Å². The molecule has 0 heterocycles. The van der Waals surface area contributed by atoms with Gasteiger partial charge in [-0.05, 0) is 38.0 Å². The Kier molecular flexibility index (Phi) is 3.24. The van der Waals surface area contributed by atoms with Gasteiger partial charge < -0.3 is 5.32 Å². The maximum atomic E-state index is 11.7. The zero-order valence-electron chi connectivity index (χ0n) is 9.39. The molecule has 2 nitrogen and oxygen atoms in total. The molecule has 2 aliphatic carbocycles. The lowest BCUT2D eigenvalue weighted by Gasteiger charge is -2.26. The molecular weight excluding hydrogens is 210 g/mol. The Morgan fingerprint density at radius 3 is 2.80 bits per heavy atom. The first-order chi connectivity index (χ1) is 7.10. The second kappa shape index (κ2) is 4.32. The van der Waals surface area contributed by atoms with Crippen LogP contribution in [0.5, 0.6) is 0 Å². The van der Waals surface area contributed by atoms with E-state index in [-0.39, 0.29) is 11.3 Å². The van der Waals surface area contributed by atoms with E-state index in [0.717, 1.165) is 32.2 Å². The van der Waals surface area contributed by atoms with E-state index < -0.39 is 0 Å². The van der Waals surface area contributed by atoms with Gasteiger partial charge in [-0.25, -0.2) is 0 Å². The van der Waals surface area contributed by atoms with Crippen molar-refractivity contribution in [2.75, 3.05) is 6.54 Å². The van der Waals surface area contributed by atoms with Crippen molar-refractivity contribution in [2.24, 2.45) is 11.3 Å². The van der Waals surface area contributed by atoms with Crippen LogP contribution in [0.15, 0.2) is 0 Å².